The van der Waals surface area contributed by atoms with Crippen molar-refractivity contribution >= 4 is 34.4 Å². The number of rotatable bonds is 15. The topological polar surface area (TPSA) is 74.7 Å². The van der Waals surface area contributed by atoms with E-state index in [4.69, 9.17) is 0 Å². The summed E-state index contributed by atoms with van der Waals surface area (Å²) in [6.07, 6.45) is 11.2. The minimum atomic E-state index is -1.07. The molecule has 5 nitrogen and oxygen atoms in total. The molecule has 0 atom stereocenters. The van der Waals surface area contributed by atoms with Crippen LogP contribution in [0.1, 0.15) is 82.3 Å². The third-order valence-corrected chi connectivity index (χ3v) is 6.06. The number of nitrogens with zero attached hydrogens (tertiary/aromatic N) is 1. The van der Waals surface area contributed by atoms with E-state index in [2.05, 4.69) is 6.92 Å². The Bertz CT molecular complexity index is 670. The van der Waals surface area contributed by atoms with Gasteiger partial charge in [-0.05, 0) is 31.4 Å². The highest BCUT2D eigenvalue weighted by molar-refractivity contribution is 8.14. The number of carbonyl (C=O) groups excluding carboxylic acids is 2. The van der Waals surface area contributed by atoms with Gasteiger partial charge in [0.2, 0.25) is 5.91 Å². The molecule has 1 amide bonds. The SMILES string of the molecule is CCCCCCCCCCCC(=O)SCC(=O)N(CC(=O)O)c1c(C)cccc1C. The van der Waals surface area contributed by atoms with E-state index in [1.807, 2.05) is 32.0 Å². The molecule has 0 aliphatic heterocycles. The Balaban J connectivity index is 2.39. The molecule has 0 saturated carbocycles. The van der Waals surface area contributed by atoms with E-state index in [9.17, 15) is 19.5 Å². The van der Waals surface area contributed by atoms with Crippen molar-refractivity contribution in [2.24, 2.45) is 0 Å². The Morgan fingerprint density at radius 2 is 1.43 bits per heavy atom. The van der Waals surface area contributed by atoms with Crippen molar-refractivity contribution in [2.75, 3.05) is 17.2 Å². The molecule has 0 aliphatic carbocycles. The summed E-state index contributed by atoms with van der Waals surface area (Å²) in [5.41, 5.74) is 2.31. The smallest absolute Gasteiger partial charge is 0.323 e. The van der Waals surface area contributed by atoms with E-state index < -0.39 is 12.5 Å². The predicted molar refractivity (Wildman–Crippen MR) is 125 cm³/mol. The van der Waals surface area contributed by atoms with Gasteiger partial charge in [-0.25, -0.2) is 0 Å². The van der Waals surface area contributed by atoms with Crippen LogP contribution in [0.3, 0.4) is 0 Å². The van der Waals surface area contributed by atoms with E-state index >= 15 is 0 Å². The minimum absolute atomic E-state index is 0.00285. The normalized spacial score (nSPS) is 10.8. The molecule has 0 aliphatic rings. The summed E-state index contributed by atoms with van der Waals surface area (Å²) in [7, 11) is 0. The fraction of sp³-hybridized carbons (Fsp3) is 0.625. The van der Waals surface area contributed by atoms with Crippen LogP contribution in [0, 0.1) is 13.8 Å². The molecule has 0 aromatic heterocycles. The molecule has 0 radical (unpaired) electrons. The van der Waals surface area contributed by atoms with Crippen molar-refractivity contribution in [1.82, 2.24) is 0 Å². The Labute approximate surface area is 185 Å². The zero-order valence-corrected chi connectivity index (χ0v) is 19.6. The average Bonchev–Trinajstić information content (AvgIpc) is 2.69. The number of anilines is 1. The highest BCUT2D eigenvalue weighted by atomic mass is 32.2. The van der Waals surface area contributed by atoms with Gasteiger partial charge in [0, 0.05) is 6.42 Å². The van der Waals surface area contributed by atoms with E-state index in [1.165, 1.54) is 43.4 Å². The number of aryl methyl sites for hydroxylation is 2. The number of carboxylic acids is 1. The zero-order chi connectivity index (χ0) is 22.4. The van der Waals surface area contributed by atoms with Crippen molar-refractivity contribution in [3.63, 3.8) is 0 Å². The summed E-state index contributed by atoms with van der Waals surface area (Å²) in [4.78, 5) is 37.4. The molecule has 168 valence electrons. The first-order chi connectivity index (χ1) is 14.4. The largest absolute Gasteiger partial charge is 0.480 e. The number of thioether (sulfide) groups is 1. The van der Waals surface area contributed by atoms with Gasteiger partial charge in [-0.3, -0.25) is 19.3 Å². The number of unbranched alkanes of at least 4 members (excludes halogenated alkanes) is 8. The maximum absolute atomic E-state index is 12.7. The quantitative estimate of drug-likeness (QED) is 0.347. The molecule has 30 heavy (non-hydrogen) atoms. The maximum Gasteiger partial charge on any atom is 0.323 e. The van der Waals surface area contributed by atoms with E-state index in [0.29, 0.717) is 12.1 Å². The number of amides is 1. The summed E-state index contributed by atoms with van der Waals surface area (Å²) >= 11 is 1.00. The molecule has 0 saturated heterocycles. The molecule has 6 heteroatoms. The maximum atomic E-state index is 12.7. The summed E-state index contributed by atoms with van der Waals surface area (Å²) in [5.74, 6) is -1.45. The highest BCUT2D eigenvalue weighted by Gasteiger charge is 2.22. The second-order valence-electron chi connectivity index (χ2n) is 7.85. The van der Waals surface area contributed by atoms with Crippen LogP contribution in [0.2, 0.25) is 0 Å². The second-order valence-corrected chi connectivity index (χ2v) is 8.89. The minimum Gasteiger partial charge on any atom is -0.480 e. The molecule has 0 bridgehead atoms. The monoisotopic (exact) mass is 435 g/mol. The third-order valence-electron chi connectivity index (χ3n) is 5.14. The van der Waals surface area contributed by atoms with Gasteiger partial charge < -0.3 is 5.11 Å². The number of hydrogen-bond acceptors (Lipinski definition) is 4. The zero-order valence-electron chi connectivity index (χ0n) is 18.7. The van der Waals surface area contributed by atoms with Gasteiger partial charge in [-0.1, -0.05) is 88.3 Å². The fourth-order valence-corrected chi connectivity index (χ4v) is 4.26. The number of aliphatic carboxylic acids is 1. The molecule has 0 fully saturated rings. The van der Waals surface area contributed by atoms with Gasteiger partial charge in [0.1, 0.15) is 6.54 Å². The van der Waals surface area contributed by atoms with Crippen molar-refractivity contribution in [2.45, 2.75) is 85.0 Å². The molecule has 1 aromatic rings. The number of carbonyl (C=O) groups is 3. The number of carboxylic acid groups (broad SMARTS) is 1. The average molecular weight is 436 g/mol. The van der Waals surface area contributed by atoms with Gasteiger partial charge in [0.25, 0.3) is 0 Å². The lowest BCUT2D eigenvalue weighted by Gasteiger charge is -2.24. The van der Waals surface area contributed by atoms with Crippen LogP contribution in [0.25, 0.3) is 0 Å². The van der Waals surface area contributed by atoms with Crippen LogP contribution >= 0.6 is 11.8 Å². The molecule has 0 unspecified atom stereocenters. The standard InChI is InChI=1S/C24H37NO4S/c1-4-5-6-7-8-9-10-11-12-16-23(29)30-18-21(26)25(17-22(27)28)24-19(2)14-13-15-20(24)3/h13-15H,4-12,16-18H2,1-3H3,(H,27,28). The summed E-state index contributed by atoms with van der Waals surface area (Å²) < 4.78 is 0. The predicted octanol–water partition coefficient (Wildman–Crippen LogP) is 5.90. The first kappa shape index (κ1) is 26.2. The van der Waals surface area contributed by atoms with Crippen LogP contribution in [0.5, 0.6) is 0 Å². The van der Waals surface area contributed by atoms with Crippen molar-refractivity contribution in [1.29, 1.82) is 0 Å². The van der Waals surface area contributed by atoms with Gasteiger partial charge >= 0.3 is 5.97 Å². The van der Waals surface area contributed by atoms with Crippen LogP contribution in [0.4, 0.5) is 5.69 Å². The lowest BCUT2D eigenvalue weighted by Crippen LogP contribution is -2.38. The molecule has 1 N–H and O–H groups in total. The molecule has 1 aromatic carbocycles. The first-order valence-corrected chi connectivity index (χ1v) is 12.1. The molecule has 0 spiro atoms. The molecule has 1 rings (SSSR count). The summed E-state index contributed by atoms with van der Waals surface area (Å²) in [6, 6.07) is 5.58. The fourth-order valence-electron chi connectivity index (χ4n) is 3.53. The number of benzene rings is 1. The van der Waals surface area contributed by atoms with Crippen LogP contribution in [-0.4, -0.2) is 34.4 Å². The van der Waals surface area contributed by atoms with Crippen molar-refractivity contribution < 1.29 is 19.5 Å². The van der Waals surface area contributed by atoms with Gasteiger partial charge in [-0.15, -0.1) is 0 Å². The van der Waals surface area contributed by atoms with E-state index in [-0.39, 0.29) is 16.8 Å². The lowest BCUT2D eigenvalue weighted by atomic mass is 10.1. The Hall–Kier alpha value is -1.82. The van der Waals surface area contributed by atoms with Crippen LogP contribution in [-0.2, 0) is 14.4 Å². The van der Waals surface area contributed by atoms with E-state index in [1.54, 1.807) is 0 Å². The number of hydrogen-bond donors (Lipinski definition) is 1. The molecule has 0 heterocycles. The highest BCUT2D eigenvalue weighted by Crippen LogP contribution is 2.25. The van der Waals surface area contributed by atoms with Gasteiger partial charge in [-0.2, -0.15) is 0 Å². The first-order valence-electron chi connectivity index (χ1n) is 11.1. The molecular formula is C24H37NO4S. The molecular weight excluding hydrogens is 398 g/mol. The summed E-state index contributed by atoms with van der Waals surface area (Å²) in [5, 5.41) is 9.24. The van der Waals surface area contributed by atoms with Crippen LogP contribution in [0.15, 0.2) is 18.2 Å². The lowest BCUT2D eigenvalue weighted by molar-refractivity contribution is -0.136. The van der Waals surface area contributed by atoms with Gasteiger partial charge in [0.15, 0.2) is 5.12 Å². The van der Waals surface area contributed by atoms with E-state index in [0.717, 1.165) is 42.2 Å². The van der Waals surface area contributed by atoms with Crippen LogP contribution < -0.4 is 4.90 Å². The van der Waals surface area contributed by atoms with Crippen molar-refractivity contribution in [3.8, 4) is 0 Å². The Morgan fingerprint density at radius 1 is 0.900 bits per heavy atom. The third kappa shape index (κ3) is 10.3. The second kappa shape index (κ2) is 15.1. The Morgan fingerprint density at radius 3 is 1.97 bits per heavy atom. The van der Waals surface area contributed by atoms with Crippen molar-refractivity contribution in [3.05, 3.63) is 29.3 Å². The summed E-state index contributed by atoms with van der Waals surface area (Å²) in [6.45, 7) is 5.52. The Kier molecular flexibility index (Phi) is 13.2. The van der Waals surface area contributed by atoms with Gasteiger partial charge in [0.05, 0.1) is 11.4 Å². The number of para-hydroxylation sites is 1.